The van der Waals surface area contributed by atoms with Crippen molar-refractivity contribution >= 4 is 5.91 Å². The van der Waals surface area contributed by atoms with Crippen LogP contribution in [0.4, 0.5) is 0 Å². The molecule has 0 aromatic carbocycles. The summed E-state index contributed by atoms with van der Waals surface area (Å²) in [4.78, 5) is 20.0. The number of pyridine rings is 2. The van der Waals surface area contributed by atoms with Crippen LogP contribution in [0.15, 0.2) is 48.9 Å². The van der Waals surface area contributed by atoms with E-state index in [9.17, 15) is 4.79 Å². The number of nitrogens with one attached hydrogen (secondary N) is 1. The van der Waals surface area contributed by atoms with Gasteiger partial charge in [0, 0.05) is 18.6 Å². The van der Waals surface area contributed by atoms with Crippen molar-refractivity contribution in [2.45, 2.75) is 13.0 Å². The molecule has 0 aliphatic rings. The summed E-state index contributed by atoms with van der Waals surface area (Å²) in [6.45, 7) is 1.90. The Kier molecular flexibility index (Phi) is 3.45. The van der Waals surface area contributed by atoms with E-state index in [0.717, 1.165) is 5.69 Å². The first-order chi connectivity index (χ1) is 8.27. The number of amides is 1. The summed E-state index contributed by atoms with van der Waals surface area (Å²) in [5.74, 6) is -0.142. The lowest BCUT2D eigenvalue weighted by molar-refractivity contribution is 0.0939. The van der Waals surface area contributed by atoms with E-state index in [0.29, 0.717) is 5.56 Å². The fourth-order valence-corrected chi connectivity index (χ4v) is 1.48. The second kappa shape index (κ2) is 5.21. The Morgan fingerprint density at radius 1 is 1.24 bits per heavy atom. The molecule has 1 N–H and O–H groups in total. The largest absolute Gasteiger partial charge is 0.344 e. The van der Waals surface area contributed by atoms with Crippen LogP contribution in [0.5, 0.6) is 0 Å². The molecule has 86 valence electrons. The molecule has 0 aliphatic heterocycles. The van der Waals surface area contributed by atoms with Crippen LogP contribution in [0.25, 0.3) is 0 Å². The van der Waals surface area contributed by atoms with Gasteiger partial charge in [0.15, 0.2) is 0 Å². The van der Waals surface area contributed by atoms with E-state index in [4.69, 9.17) is 0 Å². The van der Waals surface area contributed by atoms with Crippen LogP contribution in [0.2, 0.25) is 0 Å². The minimum absolute atomic E-state index is 0.121. The highest BCUT2D eigenvalue weighted by atomic mass is 16.1. The maximum atomic E-state index is 11.8. The molecule has 0 spiro atoms. The van der Waals surface area contributed by atoms with Crippen LogP contribution in [0, 0.1) is 0 Å². The SMILES string of the molecule is C[C@@H](NC(=O)c1cccnc1)c1ccccn1. The van der Waals surface area contributed by atoms with Crippen molar-refractivity contribution in [3.63, 3.8) is 0 Å². The van der Waals surface area contributed by atoms with Gasteiger partial charge >= 0.3 is 0 Å². The minimum Gasteiger partial charge on any atom is -0.344 e. The topological polar surface area (TPSA) is 54.9 Å². The summed E-state index contributed by atoms with van der Waals surface area (Å²) in [7, 11) is 0. The lowest BCUT2D eigenvalue weighted by atomic mass is 10.2. The van der Waals surface area contributed by atoms with Gasteiger partial charge in [0.2, 0.25) is 0 Å². The number of carbonyl (C=O) groups is 1. The highest BCUT2D eigenvalue weighted by molar-refractivity contribution is 5.94. The van der Waals surface area contributed by atoms with Crippen LogP contribution >= 0.6 is 0 Å². The molecule has 0 radical (unpaired) electrons. The number of aromatic nitrogens is 2. The molecule has 4 heteroatoms. The highest BCUT2D eigenvalue weighted by Gasteiger charge is 2.11. The molecule has 2 heterocycles. The molecule has 17 heavy (non-hydrogen) atoms. The van der Waals surface area contributed by atoms with Gasteiger partial charge in [0.25, 0.3) is 5.91 Å². The minimum atomic E-state index is -0.142. The summed E-state index contributed by atoms with van der Waals surface area (Å²) in [6, 6.07) is 8.97. The van der Waals surface area contributed by atoms with Crippen LogP contribution in [0.3, 0.4) is 0 Å². The zero-order valence-electron chi connectivity index (χ0n) is 9.50. The van der Waals surface area contributed by atoms with Gasteiger partial charge < -0.3 is 5.32 Å². The number of hydrogen-bond acceptors (Lipinski definition) is 3. The van der Waals surface area contributed by atoms with Crippen LogP contribution in [-0.2, 0) is 0 Å². The predicted molar refractivity (Wildman–Crippen MR) is 64.4 cm³/mol. The van der Waals surface area contributed by atoms with E-state index in [-0.39, 0.29) is 11.9 Å². The molecular formula is C13H13N3O. The van der Waals surface area contributed by atoms with Gasteiger partial charge in [-0.3, -0.25) is 14.8 Å². The van der Waals surface area contributed by atoms with E-state index in [1.54, 1.807) is 30.7 Å². The van der Waals surface area contributed by atoms with E-state index < -0.39 is 0 Å². The number of nitrogens with zero attached hydrogens (tertiary/aromatic N) is 2. The average molecular weight is 227 g/mol. The zero-order chi connectivity index (χ0) is 12.1. The molecule has 0 aliphatic carbocycles. The van der Waals surface area contributed by atoms with E-state index >= 15 is 0 Å². The van der Waals surface area contributed by atoms with Crippen molar-refractivity contribution in [2.24, 2.45) is 0 Å². The lowest BCUT2D eigenvalue weighted by Gasteiger charge is -2.12. The third-order valence-corrected chi connectivity index (χ3v) is 2.40. The zero-order valence-corrected chi connectivity index (χ0v) is 9.50. The molecule has 2 rings (SSSR count). The molecule has 1 atom stereocenters. The molecule has 0 saturated heterocycles. The third kappa shape index (κ3) is 2.87. The van der Waals surface area contributed by atoms with Gasteiger partial charge in [-0.05, 0) is 31.2 Å². The average Bonchev–Trinajstić information content (AvgIpc) is 2.40. The fourth-order valence-electron chi connectivity index (χ4n) is 1.48. The Morgan fingerprint density at radius 2 is 2.12 bits per heavy atom. The first-order valence-corrected chi connectivity index (χ1v) is 5.39. The third-order valence-electron chi connectivity index (χ3n) is 2.40. The van der Waals surface area contributed by atoms with Crippen molar-refractivity contribution in [1.82, 2.24) is 15.3 Å². The quantitative estimate of drug-likeness (QED) is 0.872. The summed E-state index contributed by atoms with van der Waals surface area (Å²) in [6.07, 6.45) is 4.89. The molecule has 0 bridgehead atoms. The fraction of sp³-hybridized carbons (Fsp3) is 0.154. The Bertz CT molecular complexity index is 485. The van der Waals surface area contributed by atoms with Crippen molar-refractivity contribution < 1.29 is 4.79 Å². The monoisotopic (exact) mass is 227 g/mol. The molecular weight excluding hydrogens is 214 g/mol. The standard InChI is InChI=1S/C13H13N3O/c1-10(12-6-2-3-8-15-12)16-13(17)11-5-4-7-14-9-11/h2-10H,1H3,(H,16,17)/t10-/m1/s1. The smallest absolute Gasteiger partial charge is 0.253 e. The van der Waals surface area contributed by atoms with Gasteiger partial charge in [0.1, 0.15) is 0 Å². The molecule has 0 unspecified atom stereocenters. The normalized spacial score (nSPS) is 11.8. The predicted octanol–water partition coefficient (Wildman–Crippen LogP) is 1.97. The van der Waals surface area contributed by atoms with Crippen molar-refractivity contribution in [3.8, 4) is 0 Å². The van der Waals surface area contributed by atoms with Crippen LogP contribution < -0.4 is 5.32 Å². The Labute approximate surface area is 99.7 Å². The van der Waals surface area contributed by atoms with E-state index in [2.05, 4.69) is 15.3 Å². The summed E-state index contributed by atoms with van der Waals surface area (Å²) < 4.78 is 0. The second-order valence-corrected chi connectivity index (χ2v) is 3.69. The molecule has 0 fully saturated rings. The Morgan fingerprint density at radius 3 is 2.76 bits per heavy atom. The summed E-state index contributed by atoms with van der Waals surface area (Å²) in [5, 5.41) is 2.87. The number of rotatable bonds is 3. The molecule has 4 nitrogen and oxygen atoms in total. The maximum Gasteiger partial charge on any atom is 0.253 e. The Hall–Kier alpha value is -2.23. The number of hydrogen-bond donors (Lipinski definition) is 1. The summed E-state index contributed by atoms with van der Waals surface area (Å²) >= 11 is 0. The first-order valence-electron chi connectivity index (χ1n) is 5.39. The molecule has 0 saturated carbocycles. The van der Waals surface area contributed by atoms with Crippen LogP contribution in [-0.4, -0.2) is 15.9 Å². The second-order valence-electron chi connectivity index (χ2n) is 3.69. The van der Waals surface area contributed by atoms with Gasteiger partial charge in [-0.2, -0.15) is 0 Å². The number of carbonyl (C=O) groups excluding carboxylic acids is 1. The maximum absolute atomic E-state index is 11.8. The van der Waals surface area contributed by atoms with E-state index in [1.807, 2.05) is 25.1 Å². The van der Waals surface area contributed by atoms with Gasteiger partial charge in [0.05, 0.1) is 17.3 Å². The van der Waals surface area contributed by atoms with Gasteiger partial charge in [-0.25, -0.2) is 0 Å². The van der Waals surface area contributed by atoms with Crippen molar-refractivity contribution in [2.75, 3.05) is 0 Å². The van der Waals surface area contributed by atoms with Crippen molar-refractivity contribution in [3.05, 3.63) is 60.2 Å². The van der Waals surface area contributed by atoms with E-state index in [1.165, 1.54) is 0 Å². The Balaban J connectivity index is 2.05. The molecule has 2 aromatic rings. The van der Waals surface area contributed by atoms with Gasteiger partial charge in [-0.1, -0.05) is 6.07 Å². The molecule has 1 amide bonds. The first kappa shape index (κ1) is 11.3. The highest BCUT2D eigenvalue weighted by Crippen LogP contribution is 2.09. The van der Waals surface area contributed by atoms with Gasteiger partial charge in [-0.15, -0.1) is 0 Å². The lowest BCUT2D eigenvalue weighted by Crippen LogP contribution is -2.27. The van der Waals surface area contributed by atoms with Crippen LogP contribution in [0.1, 0.15) is 29.0 Å². The summed E-state index contributed by atoms with van der Waals surface area (Å²) in [5.41, 5.74) is 1.39. The van der Waals surface area contributed by atoms with Crippen molar-refractivity contribution in [1.29, 1.82) is 0 Å². The molecule has 2 aromatic heterocycles.